The summed E-state index contributed by atoms with van der Waals surface area (Å²) in [7, 11) is 3.68. The predicted molar refractivity (Wildman–Crippen MR) is 94.0 cm³/mol. The Morgan fingerprint density at radius 3 is 2.54 bits per heavy atom. The molecule has 0 fully saturated rings. The van der Waals surface area contributed by atoms with Crippen LogP contribution in [0.5, 0.6) is 0 Å². The van der Waals surface area contributed by atoms with Gasteiger partial charge in [-0.15, -0.1) is 21.8 Å². The van der Waals surface area contributed by atoms with Crippen molar-refractivity contribution in [2.75, 3.05) is 6.54 Å². The maximum Gasteiger partial charge on any atom is 0.195 e. The van der Waals surface area contributed by atoms with Crippen LogP contribution < -0.4 is 0 Å². The summed E-state index contributed by atoms with van der Waals surface area (Å²) in [5.41, 5.74) is 3.22. The van der Waals surface area contributed by atoms with E-state index < -0.39 is 0 Å². The van der Waals surface area contributed by atoms with Crippen LogP contribution in [-0.2, 0) is 43.9 Å². The number of aryl methyl sites for hydroxylation is 2. The molecule has 0 aliphatic heterocycles. The summed E-state index contributed by atoms with van der Waals surface area (Å²) in [6.45, 7) is 9.64. The molecule has 0 spiro atoms. The zero-order valence-corrected chi connectivity index (χ0v) is 18.0. The van der Waals surface area contributed by atoms with Gasteiger partial charge in [0.05, 0.1) is 12.1 Å². The molecule has 1 amide bonds. The van der Waals surface area contributed by atoms with E-state index in [1.54, 1.807) is 9.20 Å². The zero-order chi connectivity index (χ0) is 17.4. The van der Waals surface area contributed by atoms with Gasteiger partial charge < -0.3 is 11.8 Å². The number of hydrogen-bond acceptors (Lipinski definition) is 5. The van der Waals surface area contributed by atoms with E-state index in [-0.39, 0.29) is 53.5 Å². The van der Waals surface area contributed by atoms with Gasteiger partial charge in [-0.05, 0) is 32.9 Å². The first-order valence-electron chi connectivity index (χ1n) is 7.57. The second-order valence-corrected chi connectivity index (χ2v) is 5.60. The van der Waals surface area contributed by atoms with Crippen molar-refractivity contribution in [2.45, 2.75) is 27.2 Å². The van der Waals surface area contributed by atoms with Gasteiger partial charge in [-0.3, -0.25) is 11.8 Å². The molecule has 0 atom stereocenters. The van der Waals surface area contributed by atoms with Gasteiger partial charge in [-0.1, -0.05) is 0 Å². The van der Waals surface area contributed by atoms with E-state index in [0.29, 0.717) is 23.8 Å². The SMILES string of the molecule is [B].[CH2-]CN([CH2-])C(=O)Cc1c(C)nn(-c2ccc3nnc(C)n3n2)c1C.[Y]. The second kappa shape index (κ2) is 8.86. The first-order valence-corrected chi connectivity index (χ1v) is 7.57. The maximum atomic E-state index is 12.1. The summed E-state index contributed by atoms with van der Waals surface area (Å²) in [6.07, 6.45) is 0.241. The molecule has 10 heteroatoms. The molecular weight excluding hydrogens is 406 g/mol. The van der Waals surface area contributed by atoms with Gasteiger partial charge in [0, 0.05) is 52.4 Å². The minimum atomic E-state index is -0.0891. The Kier molecular flexibility index (Phi) is 7.65. The van der Waals surface area contributed by atoms with E-state index in [4.69, 9.17) is 0 Å². The number of amides is 1. The summed E-state index contributed by atoms with van der Waals surface area (Å²) < 4.78 is 3.39. The smallest absolute Gasteiger partial charge is 0.195 e. The fourth-order valence-electron chi connectivity index (χ4n) is 2.54. The van der Waals surface area contributed by atoms with E-state index >= 15 is 0 Å². The normalized spacial score (nSPS) is 10.3. The first-order chi connectivity index (χ1) is 11.4. The van der Waals surface area contributed by atoms with Crippen molar-refractivity contribution in [3.05, 3.63) is 48.9 Å². The molecule has 4 radical (unpaired) electrons. The molecule has 0 N–H and O–H groups in total. The quantitative estimate of drug-likeness (QED) is 0.458. The molecule has 0 saturated heterocycles. The Hall–Kier alpha value is -1.60. The van der Waals surface area contributed by atoms with E-state index in [2.05, 4.69) is 34.4 Å². The Labute approximate surface area is 179 Å². The van der Waals surface area contributed by atoms with Crippen LogP contribution in [0.1, 0.15) is 22.8 Å². The zero-order valence-electron chi connectivity index (χ0n) is 15.2. The van der Waals surface area contributed by atoms with Gasteiger partial charge >= 0.3 is 0 Å². The number of hydrogen-bond donors (Lipinski definition) is 0. The molecule has 0 aromatic carbocycles. The average Bonchev–Trinajstić information content (AvgIpc) is 3.08. The topological polar surface area (TPSA) is 81.2 Å². The average molecular weight is 425 g/mol. The second-order valence-electron chi connectivity index (χ2n) is 5.60. The number of carbonyl (C=O) groups excluding carboxylic acids is 1. The van der Waals surface area contributed by atoms with Gasteiger partial charge in [0.25, 0.3) is 0 Å². The van der Waals surface area contributed by atoms with Crippen molar-refractivity contribution in [2.24, 2.45) is 0 Å². The monoisotopic (exact) mass is 425 g/mol. The summed E-state index contributed by atoms with van der Waals surface area (Å²) in [5.74, 6) is 1.26. The number of carbonyl (C=O) groups is 1. The van der Waals surface area contributed by atoms with Crippen LogP contribution in [0.25, 0.3) is 11.5 Å². The first kappa shape index (κ1) is 22.4. The summed E-state index contributed by atoms with van der Waals surface area (Å²) in [5, 5.41) is 17.1. The Morgan fingerprint density at radius 1 is 1.19 bits per heavy atom. The summed E-state index contributed by atoms with van der Waals surface area (Å²) >= 11 is 0. The molecular formula is C16H19BN7OY-2. The van der Waals surface area contributed by atoms with Crippen molar-refractivity contribution in [1.29, 1.82) is 0 Å². The van der Waals surface area contributed by atoms with Gasteiger partial charge in [-0.2, -0.15) is 9.61 Å². The molecule has 0 saturated carbocycles. The van der Waals surface area contributed by atoms with Crippen molar-refractivity contribution < 1.29 is 37.5 Å². The summed E-state index contributed by atoms with van der Waals surface area (Å²) in [6, 6.07) is 3.67. The molecule has 3 heterocycles. The van der Waals surface area contributed by atoms with Crippen molar-refractivity contribution in [3.63, 3.8) is 0 Å². The molecule has 0 aliphatic carbocycles. The Morgan fingerprint density at radius 2 is 1.88 bits per heavy atom. The van der Waals surface area contributed by atoms with Gasteiger partial charge in [0.2, 0.25) is 0 Å². The maximum absolute atomic E-state index is 12.1. The number of aromatic nitrogens is 6. The molecule has 132 valence electrons. The van der Waals surface area contributed by atoms with Crippen LogP contribution >= 0.6 is 0 Å². The predicted octanol–water partition coefficient (Wildman–Crippen LogP) is 0.849. The van der Waals surface area contributed by atoms with E-state index in [9.17, 15) is 4.79 Å². The van der Waals surface area contributed by atoms with Crippen molar-refractivity contribution >= 4 is 20.0 Å². The van der Waals surface area contributed by atoms with Gasteiger partial charge in [0.1, 0.15) is 0 Å². The standard InChI is InChI=1S/C16H19N7O.B.Y/c1-6-21(5)16(24)9-13-10(2)19-22(11(13)3)15-8-7-14-18-17-12(4)23(14)20-15;;/h7-8H,1,5-6,9H2,2-4H3;;/q-2;;. The molecule has 26 heavy (non-hydrogen) atoms. The van der Waals surface area contributed by atoms with E-state index in [0.717, 1.165) is 17.0 Å². The molecule has 8 nitrogen and oxygen atoms in total. The Bertz CT molecular complexity index is 921. The minimum absolute atomic E-state index is 0. The molecule has 0 unspecified atom stereocenters. The largest absolute Gasteiger partial charge is 0.521 e. The van der Waals surface area contributed by atoms with Crippen LogP contribution in [0.15, 0.2) is 12.1 Å². The van der Waals surface area contributed by atoms with Crippen LogP contribution in [0.3, 0.4) is 0 Å². The van der Waals surface area contributed by atoms with E-state index in [1.165, 1.54) is 4.90 Å². The van der Waals surface area contributed by atoms with Crippen molar-refractivity contribution in [1.82, 2.24) is 34.5 Å². The Balaban J connectivity index is 0.00000169. The number of rotatable bonds is 4. The van der Waals surface area contributed by atoms with Crippen LogP contribution in [0, 0.1) is 34.7 Å². The van der Waals surface area contributed by atoms with Crippen molar-refractivity contribution in [3.8, 4) is 5.82 Å². The molecule has 3 rings (SSSR count). The fraction of sp³-hybridized carbons (Fsp3) is 0.312. The van der Waals surface area contributed by atoms with Crippen LogP contribution in [0.4, 0.5) is 0 Å². The fourth-order valence-corrected chi connectivity index (χ4v) is 2.54. The molecule has 3 aromatic heterocycles. The minimum Gasteiger partial charge on any atom is -0.521 e. The molecule has 3 aromatic rings. The molecule has 0 aliphatic rings. The summed E-state index contributed by atoms with van der Waals surface area (Å²) in [4.78, 5) is 13.5. The molecule has 0 bridgehead atoms. The third kappa shape index (κ3) is 4.04. The number of nitrogens with zero attached hydrogens (tertiary/aromatic N) is 7. The van der Waals surface area contributed by atoms with Gasteiger partial charge in [-0.25, -0.2) is 4.68 Å². The number of fused-ring (bicyclic) bond motifs is 1. The van der Waals surface area contributed by atoms with E-state index in [1.807, 2.05) is 32.9 Å². The van der Waals surface area contributed by atoms with Crippen LogP contribution in [0.2, 0.25) is 0 Å². The van der Waals surface area contributed by atoms with Crippen LogP contribution in [-0.4, -0.2) is 55.4 Å². The third-order valence-electron chi connectivity index (χ3n) is 4.01. The third-order valence-corrected chi connectivity index (χ3v) is 4.01. The van der Waals surface area contributed by atoms with Gasteiger partial charge in [0.15, 0.2) is 23.2 Å².